The third-order valence-corrected chi connectivity index (χ3v) is 7.66. The summed E-state index contributed by atoms with van der Waals surface area (Å²) in [6, 6.07) is 12.8. The minimum atomic E-state index is -5.16. The number of fused-ring (bicyclic) bond motifs is 3. The number of anilines is 1. The molecule has 0 saturated carbocycles. The average Bonchev–Trinajstić information content (AvgIpc) is 3.64. The molecular formula is C30H25F4N3O5. The van der Waals surface area contributed by atoms with E-state index in [9.17, 15) is 32.3 Å². The van der Waals surface area contributed by atoms with Crippen molar-refractivity contribution in [2.24, 2.45) is 0 Å². The largest absolute Gasteiger partial charge is 0.493 e. The molecular weight excluding hydrogens is 558 g/mol. The van der Waals surface area contributed by atoms with Gasteiger partial charge in [0, 0.05) is 29.3 Å². The van der Waals surface area contributed by atoms with Gasteiger partial charge < -0.3 is 14.6 Å². The summed E-state index contributed by atoms with van der Waals surface area (Å²) in [5.41, 5.74) is 3.24. The minimum Gasteiger partial charge on any atom is -0.493 e. The predicted octanol–water partition coefficient (Wildman–Crippen LogP) is 6.10. The van der Waals surface area contributed by atoms with E-state index in [1.807, 2.05) is 0 Å². The number of imidazole rings is 1. The Hall–Kier alpha value is -4.61. The number of ether oxygens (including phenoxy) is 2. The summed E-state index contributed by atoms with van der Waals surface area (Å²) in [5, 5.41) is 9.19. The first-order valence-electron chi connectivity index (χ1n) is 13.4. The number of carbonyl (C=O) groups is 2. The van der Waals surface area contributed by atoms with E-state index in [-0.39, 0.29) is 43.5 Å². The number of hydrogen-bond donors (Lipinski definition) is 1. The van der Waals surface area contributed by atoms with Crippen LogP contribution in [0, 0.1) is 5.82 Å². The number of aliphatic carboxylic acids is 1. The molecule has 8 nitrogen and oxygen atoms in total. The first-order chi connectivity index (χ1) is 20.1. The molecule has 4 aromatic rings. The van der Waals surface area contributed by atoms with E-state index in [0.29, 0.717) is 39.8 Å². The molecule has 0 bridgehead atoms. The standard InChI is InChI=1S/C30H25F4N3O5/c1-2-41-29-35-22-10-6-17(31)13-25(22)37(29)23-5-3-4-20-21(23)9-11-24(20)36(28(40)30(32,33)34)18-7-8-19-16(12-27(38)39)15-42-26(19)14-18/h3-8,10,13-14,16,24H,2,9,11-12,15H2,1H3,(H,38,39)/t16-,24?/m1/s1. The highest BCUT2D eigenvalue weighted by Gasteiger charge is 2.47. The van der Waals surface area contributed by atoms with E-state index >= 15 is 0 Å². The molecule has 0 radical (unpaired) electrons. The molecule has 1 amide bonds. The zero-order valence-electron chi connectivity index (χ0n) is 22.3. The van der Waals surface area contributed by atoms with Gasteiger partial charge in [0.2, 0.25) is 0 Å². The van der Waals surface area contributed by atoms with Gasteiger partial charge in [-0.1, -0.05) is 18.2 Å². The molecule has 42 heavy (non-hydrogen) atoms. The Bertz CT molecular complexity index is 1720. The molecule has 3 aromatic carbocycles. The molecule has 0 fully saturated rings. The molecule has 0 saturated heterocycles. The van der Waals surface area contributed by atoms with E-state index in [4.69, 9.17) is 9.47 Å². The summed E-state index contributed by atoms with van der Waals surface area (Å²) < 4.78 is 69.3. The number of carbonyl (C=O) groups excluding carboxylic acids is 1. The van der Waals surface area contributed by atoms with Crippen LogP contribution in [0.25, 0.3) is 16.7 Å². The molecule has 2 heterocycles. The fourth-order valence-corrected chi connectivity index (χ4v) is 5.95. The van der Waals surface area contributed by atoms with Crippen molar-refractivity contribution >= 4 is 28.6 Å². The van der Waals surface area contributed by atoms with Crippen LogP contribution >= 0.6 is 0 Å². The number of aromatic nitrogens is 2. The number of carboxylic acids is 1. The second-order valence-corrected chi connectivity index (χ2v) is 10.2. The van der Waals surface area contributed by atoms with Crippen LogP contribution in [0.4, 0.5) is 23.2 Å². The van der Waals surface area contributed by atoms with Gasteiger partial charge in [-0.25, -0.2) is 4.39 Å². The maximum absolute atomic E-state index is 14.3. The van der Waals surface area contributed by atoms with Crippen molar-refractivity contribution in [3.8, 4) is 17.4 Å². The number of halogens is 4. The number of benzene rings is 3. The number of rotatable bonds is 7. The smallest absolute Gasteiger partial charge is 0.471 e. The maximum Gasteiger partial charge on any atom is 0.471 e. The third kappa shape index (κ3) is 4.70. The van der Waals surface area contributed by atoms with Gasteiger partial charge in [-0.05, 0) is 55.2 Å². The normalized spacial score (nSPS) is 17.5. The van der Waals surface area contributed by atoms with Crippen LogP contribution in [0.5, 0.6) is 11.8 Å². The molecule has 1 N–H and O–H groups in total. The second-order valence-electron chi connectivity index (χ2n) is 10.2. The fraction of sp³-hybridized carbons (Fsp3) is 0.300. The van der Waals surface area contributed by atoms with Crippen LogP contribution in [0.15, 0.2) is 54.6 Å². The van der Waals surface area contributed by atoms with Crippen LogP contribution in [0.3, 0.4) is 0 Å². The number of hydrogen-bond acceptors (Lipinski definition) is 5. The molecule has 1 aliphatic carbocycles. The average molecular weight is 584 g/mol. The van der Waals surface area contributed by atoms with E-state index in [1.165, 1.54) is 36.4 Å². The fourth-order valence-electron chi connectivity index (χ4n) is 5.95. The van der Waals surface area contributed by atoms with Gasteiger partial charge in [0.25, 0.3) is 0 Å². The Morgan fingerprint density at radius 3 is 2.69 bits per heavy atom. The van der Waals surface area contributed by atoms with Gasteiger partial charge in [-0.15, -0.1) is 0 Å². The van der Waals surface area contributed by atoms with Gasteiger partial charge in [0.15, 0.2) is 0 Å². The van der Waals surface area contributed by atoms with E-state index in [1.54, 1.807) is 29.7 Å². The molecule has 12 heteroatoms. The SMILES string of the molecule is CCOc1nc2ccc(F)cc2n1-c1cccc2c1CCC2N(C(=O)C(F)(F)F)c1ccc2c(c1)OC[C@H]2CC(=O)O. The Balaban J connectivity index is 1.46. The Labute approximate surface area is 237 Å². The maximum atomic E-state index is 14.3. The lowest BCUT2D eigenvalue weighted by Crippen LogP contribution is -2.43. The van der Waals surface area contributed by atoms with Gasteiger partial charge in [0.05, 0.1) is 42.4 Å². The van der Waals surface area contributed by atoms with Crippen LogP contribution in [0.2, 0.25) is 0 Å². The third-order valence-electron chi connectivity index (χ3n) is 7.66. The molecule has 0 spiro atoms. The van der Waals surface area contributed by atoms with Crippen molar-refractivity contribution in [3.63, 3.8) is 0 Å². The zero-order valence-corrected chi connectivity index (χ0v) is 22.3. The number of carboxylic acid groups (broad SMARTS) is 1. The molecule has 1 aliphatic heterocycles. The molecule has 6 rings (SSSR count). The van der Waals surface area contributed by atoms with Crippen molar-refractivity contribution in [2.45, 2.75) is 44.3 Å². The quantitative estimate of drug-likeness (QED) is 0.265. The van der Waals surface area contributed by atoms with Gasteiger partial charge >= 0.3 is 24.1 Å². The monoisotopic (exact) mass is 583 g/mol. The summed E-state index contributed by atoms with van der Waals surface area (Å²) in [6.07, 6.45) is -4.82. The van der Waals surface area contributed by atoms with Gasteiger partial charge in [-0.3, -0.25) is 19.1 Å². The topological polar surface area (TPSA) is 93.9 Å². The van der Waals surface area contributed by atoms with Gasteiger partial charge in [-0.2, -0.15) is 18.2 Å². The lowest BCUT2D eigenvalue weighted by atomic mass is 9.97. The molecule has 1 unspecified atom stereocenters. The molecule has 218 valence electrons. The van der Waals surface area contributed by atoms with Crippen LogP contribution in [-0.2, 0) is 16.0 Å². The summed E-state index contributed by atoms with van der Waals surface area (Å²) in [7, 11) is 0. The molecule has 2 atom stereocenters. The van der Waals surface area contributed by atoms with Crippen molar-refractivity contribution in [1.82, 2.24) is 9.55 Å². The number of amides is 1. The van der Waals surface area contributed by atoms with Crippen molar-refractivity contribution in [1.29, 1.82) is 0 Å². The lowest BCUT2D eigenvalue weighted by molar-refractivity contribution is -0.171. The van der Waals surface area contributed by atoms with Crippen LogP contribution in [0.1, 0.15) is 48.4 Å². The Morgan fingerprint density at radius 1 is 1.14 bits per heavy atom. The second kappa shape index (κ2) is 10.3. The summed E-state index contributed by atoms with van der Waals surface area (Å²) in [5.74, 6) is -3.73. The number of nitrogens with zero attached hydrogens (tertiary/aromatic N) is 3. The van der Waals surface area contributed by atoms with Crippen molar-refractivity contribution < 1.29 is 41.7 Å². The number of alkyl halides is 3. The van der Waals surface area contributed by atoms with Crippen LogP contribution in [-0.4, -0.2) is 45.9 Å². The minimum absolute atomic E-state index is 0.0135. The highest BCUT2D eigenvalue weighted by Crippen LogP contribution is 2.46. The first-order valence-corrected chi connectivity index (χ1v) is 13.4. The first kappa shape index (κ1) is 27.6. The van der Waals surface area contributed by atoms with Crippen molar-refractivity contribution in [2.75, 3.05) is 18.1 Å². The zero-order chi connectivity index (χ0) is 29.8. The van der Waals surface area contributed by atoms with Crippen molar-refractivity contribution in [3.05, 3.63) is 77.1 Å². The Morgan fingerprint density at radius 2 is 1.95 bits per heavy atom. The Kier molecular flexibility index (Phi) is 6.78. The summed E-state index contributed by atoms with van der Waals surface area (Å²) in [4.78, 5) is 29.4. The lowest BCUT2D eigenvalue weighted by Gasteiger charge is -2.31. The highest BCUT2D eigenvalue weighted by molar-refractivity contribution is 5.98. The van der Waals surface area contributed by atoms with E-state index in [2.05, 4.69) is 4.98 Å². The summed E-state index contributed by atoms with van der Waals surface area (Å²) in [6.45, 7) is 2.14. The summed E-state index contributed by atoms with van der Waals surface area (Å²) >= 11 is 0. The van der Waals surface area contributed by atoms with Crippen LogP contribution < -0.4 is 14.4 Å². The van der Waals surface area contributed by atoms with E-state index < -0.39 is 35.8 Å². The molecule has 1 aromatic heterocycles. The van der Waals surface area contributed by atoms with E-state index in [0.717, 1.165) is 4.90 Å². The highest BCUT2D eigenvalue weighted by atomic mass is 19.4. The van der Waals surface area contributed by atoms with Gasteiger partial charge in [0.1, 0.15) is 11.6 Å². The molecule has 2 aliphatic rings. The predicted molar refractivity (Wildman–Crippen MR) is 144 cm³/mol.